The third-order valence-electron chi connectivity index (χ3n) is 5.06. The minimum atomic E-state index is 0. The number of halogens is 3. The lowest BCUT2D eigenvalue weighted by Crippen LogP contribution is -2.52. The van der Waals surface area contributed by atoms with Gasteiger partial charge in [0.25, 0.3) is 0 Å². The predicted molar refractivity (Wildman–Crippen MR) is 115 cm³/mol. The van der Waals surface area contributed by atoms with E-state index in [0.29, 0.717) is 6.04 Å². The number of para-hydroxylation sites is 1. The van der Waals surface area contributed by atoms with Crippen LogP contribution in [0, 0.1) is 5.92 Å². The second kappa shape index (κ2) is 12.6. The summed E-state index contributed by atoms with van der Waals surface area (Å²) in [5.74, 6) is 0.377. The van der Waals surface area contributed by atoms with Gasteiger partial charge in [0, 0.05) is 51.0 Å². The van der Waals surface area contributed by atoms with Gasteiger partial charge in [0.15, 0.2) is 0 Å². The van der Waals surface area contributed by atoms with Crippen LogP contribution in [0.2, 0.25) is 0 Å². The van der Waals surface area contributed by atoms with E-state index in [1.807, 2.05) is 0 Å². The second-order valence-corrected chi connectivity index (χ2v) is 6.64. The highest BCUT2D eigenvalue weighted by molar-refractivity contribution is 5.86. The number of nitrogens with zero attached hydrogens (tertiary/aromatic N) is 2. The van der Waals surface area contributed by atoms with Crippen molar-refractivity contribution in [1.29, 1.82) is 0 Å². The highest BCUT2D eigenvalue weighted by atomic mass is 35.5. The maximum Gasteiger partial charge on any atom is 0.224 e. The lowest BCUT2D eigenvalue weighted by Gasteiger charge is -2.39. The first-order chi connectivity index (χ1) is 11.2. The van der Waals surface area contributed by atoms with Crippen LogP contribution in [0.15, 0.2) is 30.3 Å². The summed E-state index contributed by atoms with van der Waals surface area (Å²) in [7, 11) is 0. The predicted octanol–water partition coefficient (Wildman–Crippen LogP) is 2.19. The van der Waals surface area contributed by atoms with Crippen molar-refractivity contribution in [3.05, 3.63) is 30.3 Å². The number of hydrogen-bond acceptors (Lipinski definition) is 4. The molecule has 2 heterocycles. The molecule has 2 aliphatic rings. The summed E-state index contributed by atoms with van der Waals surface area (Å²) in [4.78, 5) is 17.0. The quantitative estimate of drug-likeness (QED) is 0.759. The molecule has 0 saturated carbocycles. The number of hydrogen-bond donors (Lipinski definition) is 2. The normalized spacial score (nSPS) is 21.0. The second-order valence-electron chi connectivity index (χ2n) is 6.64. The average molecular weight is 426 g/mol. The van der Waals surface area contributed by atoms with E-state index < -0.39 is 0 Å². The van der Waals surface area contributed by atoms with E-state index in [1.165, 1.54) is 5.69 Å². The molecule has 1 aromatic carbocycles. The molecule has 0 aromatic heterocycles. The minimum absolute atomic E-state index is 0. The van der Waals surface area contributed by atoms with E-state index >= 15 is 0 Å². The van der Waals surface area contributed by atoms with Crippen LogP contribution >= 0.6 is 37.2 Å². The third-order valence-corrected chi connectivity index (χ3v) is 5.06. The molecule has 5 nitrogen and oxygen atoms in total. The van der Waals surface area contributed by atoms with Gasteiger partial charge in [-0.25, -0.2) is 0 Å². The van der Waals surface area contributed by atoms with Gasteiger partial charge in [0.05, 0.1) is 5.92 Å². The van der Waals surface area contributed by atoms with Gasteiger partial charge in [-0.2, -0.15) is 0 Å². The van der Waals surface area contributed by atoms with Crippen LogP contribution in [0.1, 0.15) is 13.3 Å². The van der Waals surface area contributed by atoms with E-state index in [0.717, 1.165) is 52.2 Å². The first-order valence-electron chi connectivity index (χ1n) is 8.76. The van der Waals surface area contributed by atoms with Gasteiger partial charge in [-0.15, -0.1) is 37.2 Å². The van der Waals surface area contributed by atoms with E-state index in [-0.39, 0.29) is 49.0 Å². The van der Waals surface area contributed by atoms with Crippen molar-refractivity contribution in [3.63, 3.8) is 0 Å². The molecule has 2 N–H and O–H groups in total. The summed E-state index contributed by atoms with van der Waals surface area (Å²) >= 11 is 0. The summed E-state index contributed by atoms with van der Waals surface area (Å²) in [6.07, 6.45) is 0.968. The molecule has 1 aromatic rings. The first kappa shape index (κ1) is 25.3. The van der Waals surface area contributed by atoms with Crippen molar-refractivity contribution in [2.75, 3.05) is 50.7 Å². The maximum atomic E-state index is 12.1. The van der Waals surface area contributed by atoms with Crippen LogP contribution in [0.4, 0.5) is 5.69 Å². The number of anilines is 1. The Morgan fingerprint density at radius 3 is 2.38 bits per heavy atom. The average Bonchev–Trinajstić information content (AvgIpc) is 3.15. The van der Waals surface area contributed by atoms with Crippen LogP contribution in [0.5, 0.6) is 0 Å². The molecule has 8 heteroatoms. The zero-order chi connectivity index (χ0) is 16.1. The standard InChI is InChI=1S/C18H28N4O.3ClH/c1-15(13-20-18(23)16-7-8-19-14-16)21-9-11-22(12-10-21)17-5-3-2-4-6-17;;;/h2-6,15-16,19H,7-14H2,1H3,(H,20,23);3*1H. The summed E-state index contributed by atoms with van der Waals surface area (Å²) in [6.45, 7) is 8.97. The third kappa shape index (κ3) is 6.78. The zero-order valence-electron chi connectivity index (χ0n) is 15.2. The number of piperazine rings is 1. The molecule has 3 rings (SSSR count). The van der Waals surface area contributed by atoms with Crippen molar-refractivity contribution in [2.24, 2.45) is 5.92 Å². The van der Waals surface area contributed by atoms with Crippen molar-refractivity contribution >= 4 is 48.8 Å². The van der Waals surface area contributed by atoms with E-state index in [2.05, 4.69) is 57.7 Å². The molecule has 2 atom stereocenters. The Morgan fingerprint density at radius 1 is 1.15 bits per heavy atom. The summed E-state index contributed by atoms with van der Waals surface area (Å²) < 4.78 is 0. The van der Waals surface area contributed by atoms with Crippen molar-refractivity contribution in [1.82, 2.24) is 15.5 Å². The molecule has 26 heavy (non-hydrogen) atoms. The SMILES string of the molecule is CC(CNC(=O)C1CCNC1)N1CCN(c2ccccc2)CC1.Cl.Cl.Cl. The number of amides is 1. The number of carbonyl (C=O) groups excluding carboxylic acids is 1. The minimum Gasteiger partial charge on any atom is -0.369 e. The van der Waals surface area contributed by atoms with Gasteiger partial charge in [-0.1, -0.05) is 18.2 Å². The molecule has 0 spiro atoms. The van der Waals surface area contributed by atoms with Gasteiger partial charge in [-0.05, 0) is 32.0 Å². The maximum absolute atomic E-state index is 12.1. The van der Waals surface area contributed by atoms with Crippen molar-refractivity contribution in [2.45, 2.75) is 19.4 Å². The van der Waals surface area contributed by atoms with Crippen molar-refractivity contribution in [3.8, 4) is 0 Å². The highest BCUT2D eigenvalue weighted by Crippen LogP contribution is 2.16. The van der Waals surface area contributed by atoms with E-state index in [1.54, 1.807) is 0 Å². The fourth-order valence-corrected chi connectivity index (χ4v) is 3.46. The van der Waals surface area contributed by atoms with Gasteiger partial charge >= 0.3 is 0 Å². The van der Waals surface area contributed by atoms with Gasteiger partial charge < -0.3 is 15.5 Å². The van der Waals surface area contributed by atoms with Crippen LogP contribution in [-0.4, -0.2) is 62.7 Å². The molecule has 0 radical (unpaired) electrons. The topological polar surface area (TPSA) is 47.6 Å². The summed E-state index contributed by atoms with van der Waals surface area (Å²) in [5.41, 5.74) is 1.31. The molecule has 1 amide bonds. The molecule has 0 aliphatic carbocycles. The molecule has 2 unspecified atom stereocenters. The number of rotatable bonds is 5. The van der Waals surface area contributed by atoms with Crippen LogP contribution < -0.4 is 15.5 Å². The number of nitrogens with one attached hydrogen (secondary N) is 2. The van der Waals surface area contributed by atoms with Gasteiger partial charge in [-0.3, -0.25) is 9.69 Å². The molecule has 0 bridgehead atoms. The number of benzene rings is 1. The Labute approximate surface area is 175 Å². The molecule has 2 aliphatic heterocycles. The van der Waals surface area contributed by atoms with E-state index in [9.17, 15) is 4.79 Å². The Hall–Kier alpha value is -0.720. The smallest absolute Gasteiger partial charge is 0.224 e. The molecule has 2 fully saturated rings. The Kier molecular flexibility index (Phi) is 12.3. The Balaban J connectivity index is 0.00000208. The Morgan fingerprint density at radius 2 is 1.81 bits per heavy atom. The number of carbonyl (C=O) groups is 1. The molecular weight excluding hydrogens is 395 g/mol. The fraction of sp³-hybridized carbons (Fsp3) is 0.611. The van der Waals surface area contributed by atoms with Crippen LogP contribution in [0.3, 0.4) is 0 Å². The lowest BCUT2D eigenvalue weighted by molar-refractivity contribution is -0.124. The molecule has 150 valence electrons. The highest BCUT2D eigenvalue weighted by Gasteiger charge is 2.24. The lowest BCUT2D eigenvalue weighted by atomic mass is 10.1. The fourth-order valence-electron chi connectivity index (χ4n) is 3.46. The van der Waals surface area contributed by atoms with Gasteiger partial charge in [0.2, 0.25) is 5.91 Å². The largest absolute Gasteiger partial charge is 0.369 e. The molecule has 2 saturated heterocycles. The monoisotopic (exact) mass is 424 g/mol. The van der Waals surface area contributed by atoms with Gasteiger partial charge in [0.1, 0.15) is 0 Å². The zero-order valence-corrected chi connectivity index (χ0v) is 17.7. The van der Waals surface area contributed by atoms with Crippen molar-refractivity contribution < 1.29 is 4.79 Å². The Bertz CT molecular complexity index is 506. The van der Waals surface area contributed by atoms with E-state index in [4.69, 9.17) is 0 Å². The van der Waals surface area contributed by atoms with Crippen LogP contribution in [0.25, 0.3) is 0 Å². The van der Waals surface area contributed by atoms with Crippen LogP contribution in [-0.2, 0) is 4.79 Å². The molecular formula is C18H31Cl3N4O. The summed E-state index contributed by atoms with van der Waals surface area (Å²) in [5, 5.41) is 6.38. The summed E-state index contributed by atoms with van der Waals surface area (Å²) in [6, 6.07) is 11.0. The first-order valence-corrected chi connectivity index (χ1v) is 8.76.